The first-order chi connectivity index (χ1) is 11.1. The highest BCUT2D eigenvalue weighted by atomic mass is 35.5. The number of nitrogens with one attached hydrogen (secondary N) is 1. The minimum atomic E-state index is -0.309. The zero-order valence-electron chi connectivity index (χ0n) is 12.4. The van der Waals surface area contributed by atoms with E-state index in [9.17, 15) is 4.79 Å². The number of benzene rings is 1. The number of hydrogen-bond acceptors (Lipinski definition) is 6. The number of rotatable bonds is 7. The van der Waals surface area contributed by atoms with Gasteiger partial charge < -0.3 is 10.1 Å². The summed E-state index contributed by atoms with van der Waals surface area (Å²) < 4.78 is 4.86. The van der Waals surface area contributed by atoms with E-state index in [2.05, 4.69) is 15.3 Å². The molecular weight excluding hydrogens is 357 g/mol. The highest BCUT2D eigenvalue weighted by Crippen LogP contribution is 2.20. The molecule has 1 heterocycles. The van der Waals surface area contributed by atoms with E-state index in [4.69, 9.17) is 27.9 Å². The number of halogens is 2. The summed E-state index contributed by atoms with van der Waals surface area (Å²) in [5.74, 6) is 0.424. The van der Waals surface area contributed by atoms with Crippen molar-refractivity contribution < 1.29 is 9.53 Å². The monoisotopic (exact) mass is 371 g/mol. The van der Waals surface area contributed by atoms with E-state index in [1.54, 1.807) is 13.0 Å². The predicted octanol–water partition coefficient (Wildman–Crippen LogP) is 4.05. The van der Waals surface area contributed by atoms with E-state index < -0.39 is 0 Å². The Morgan fingerprint density at radius 3 is 2.70 bits per heavy atom. The normalized spacial score (nSPS) is 10.4. The molecule has 0 saturated heterocycles. The fourth-order valence-electron chi connectivity index (χ4n) is 1.67. The minimum absolute atomic E-state index is 0.144. The Balaban J connectivity index is 1.96. The highest BCUT2D eigenvalue weighted by Gasteiger charge is 2.08. The first-order valence-corrected chi connectivity index (χ1v) is 8.62. The Labute approximate surface area is 148 Å². The molecule has 2 rings (SSSR count). The summed E-state index contributed by atoms with van der Waals surface area (Å²) in [5, 5.41) is 4.59. The van der Waals surface area contributed by atoms with E-state index in [-0.39, 0.29) is 11.7 Å². The number of carbonyl (C=O) groups excluding carboxylic acids is 1. The van der Waals surface area contributed by atoms with Crippen LogP contribution in [-0.2, 0) is 16.1 Å². The van der Waals surface area contributed by atoms with Crippen LogP contribution in [0.15, 0.2) is 35.5 Å². The van der Waals surface area contributed by atoms with Crippen LogP contribution in [0.25, 0.3) is 0 Å². The van der Waals surface area contributed by atoms with Crippen molar-refractivity contribution >= 4 is 46.8 Å². The second kappa shape index (κ2) is 8.96. The third-order valence-corrected chi connectivity index (χ3v) is 3.95. The van der Waals surface area contributed by atoms with Crippen molar-refractivity contribution in [1.29, 1.82) is 0 Å². The predicted molar refractivity (Wildman–Crippen MR) is 93.2 cm³/mol. The lowest BCUT2D eigenvalue weighted by molar-refractivity contribution is -0.139. The number of aromatic nitrogens is 2. The Bertz CT molecular complexity index is 668. The second-order valence-electron chi connectivity index (χ2n) is 4.43. The van der Waals surface area contributed by atoms with Gasteiger partial charge in [0.15, 0.2) is 5.16 Å². The molecule has 1 aromatic heterocycles. The lowest BCUT2D eigenvalue weighted by Gasteiger charge is -2.08. The standard InChI is InChI=1S/C15H15Cl2N3O2S/c1-2-22-14(21)9-23-15-19-12(17)7-13(20-15)18-8-10-3-5-11(16)6-4-10/h3-7H,2,8-9H2,1H3,(H,18,19,20). The lowest BCUT2D eigenvalue weighted by Crippen LogP contribution is -2.08. The number of esters is 1. The quantitative estimate of drug-likeness (QED) is 0.342. The number of hydrogen-bond donors (Lipinski definition) is 1. The Morgan fingerprint density at radius 1 is 1.26 bits per heavy atom. The van der Waals surface area contributed by atoms with Crippen LogP contribution >= 0.6 is 35.0 Å². The van der Waals surface area contributed by atoms with E-state index in [0.29, 0.717) is 34.3 Å². The fraction of sp³-hybridized carbons (Fsp3) is 0.267. The van der Waals surface area contributed by atoms with Gasteiger partial charge in [0.1, 0.15) is 11.0 Å². The molecule has 0 aliphatic heterocycles. The van der Waals surface area contributed by atoms with Crippen LogP contribution in [0.3, 0.4) is 0 Å². The first kappa shape index (κ1) is 17.8. The van der Waals surface area contributed by atoms with Crippen LogP contribution in [0, 0.1) is 0 Å². The first-order valence-electron chi connectivity index (χ1n) is 6.88. The molecule has 0 spiro atoms. The molecule has 0 aliphatic carbocycles. The highest BCUT2D eigenvalue weighted by molar-refractivity contribution is 7.99. The Morgan fingerprint density at radius 2 is 2.00 bits per heavy atom. The molecule has 23 heavy (non-hydrogen) atoms. The molecule has 8 heteroatoms. The van der Waals surface area contributed by atoms with Crippen LogP contribution in [0.5, 0.6) is 0 Å². The molecule has 0 amide bonds. The molecular formula is C15H15Cl2N3O2S. The van der Waals surface area contributed by atoms with Gasteiger partial charge in [-0.25, -0.2) is 9.97 Å². The molecule has 122 valence electrons. The van der Waals surface area contributed by atoms with Gasteiger partial charge in [-0.2, -0.15) is 0 Å². The van der Waals surface area contributed by atoms with Crippen molar-refractivity contribution in [3.05, 3.63) is 46.1 Å². The third kappa shape index (κ3) is 6.25. The summed E-state index contributed by atoms with van der Waals surface area (Å²) in [5.41, 5.74) is 1.06. The molecule has 0 bridgehead atoms. The summed E-state index contributed by atoms with van der Waals surface area (Å²) in [7, 11) is 0. The summed E-state index contributed by atoms with van der Waals surface area (Å²) in [6, 6.07) is 9.13. The number of carbonyl (C=O) groups is 1. The molecule has 0 unspecified atom stereocenters. The van der Waals surface area contributed by atoms with Crippen molar-refractivity contribution in [2.24, 2.45) is 0 Å². The van der Waals surface area contributed by atoms with Crippen molar-refractivity contribution in [3.63, 3.8) is 0 Å². The second-order valence-corrected chi connectivity index (χ2v) is 6.20. The average Bonchev–Trinajstić information content (AvgIpc) is 2.52. The Kier molecular flexibility index (Phi) is 6.95. The van der Waals surface area contributed by atoms with Gasteiger partial charge in [0.05, 0.1) is 12.4 Å². The van der Waals surface area contributed by atoms with Crippen LogP contribution in [0.1, 0.15) is 12.5 Å². The zero-order valence-corrected chi connectivity index (χ0v) is 14.7. The van der Waals surface area contributed by atoms with Crippen LogP contribution in [0.2, 0.25) is 10.2 Å². The van der Waals surface area contributed by atoms with E-state index >= 15 is 0 Å². The Hall–Kier alpha value is -1.50. The zero-order chi connectivity index (χ0) is 16.7. The molecule has 0 fully saturated rings. The topological polar surface area (TPSA) is 64.1 Å². The van der Waals surface area contributed by atoms with Crippen molar-refractivity contribution in [1.82, 2.24) is 9.97 Å². The molecule has 1 aromatic carbocycles. The minimum Gasteiger partial charge on any atom is -0.465 e. The largest absolute Gasteiger partial charge is 0.465 e. The number of nitrogens with zero attached hydrogens (tertiary/aromatic N) is 2. The van der Waals surface area contributed by atoms with Gasteiger partial charge in [-0.15, -0.1) is 0 Å². The third-order valence-electron chi connectivity index (χ3n) is 2.69. The maximum Gasteiger partial charge on any atom is 0.316 e. The molecule has 2 aromatic rings. The van der Waals surface area contributed by atoms with Crippen molar-refractivity contribution in [3.8, 4) is 0 Å². The molecule has 0 saturated carbocycles. The van der Waals surface area contributed by atoms with Crippen LogP contribution in [-0.4, -0.2) is 28.3 Å². The number of thioether (sulfide) groups is 1. The van der Waals surface area contributed by atoms with Gasteiger partial charge in [-0.1, -0.05) is 47.1 Å². The van der Waals surface area contributed by atoms with Crippen molar-refractivity contribution in [2.45, 2.75) is 18.6 Å². The summed E-state index contributed by atoms with van der Waals surface area (Å²) >= 11 is 13.0. The molecule has 5 nitrogen and oxygen atoms in total. The lowest BCUT2D eigenvalue weighted by atomic mass is 10.2. The van der Waals surface area contributed by atoms with Gasteiger partial charge in [0, 0.05) is 17.6 Å². The van der Waals surface area contributed by atoms with Gasteiger partial charge in [-0.05, 0) is 24.6 Å². The van der Waals surface area contributed by atoms with E-state index in [1.807, 2.05) is 24.3 Å². The SMILES string of the molecule is CCOC(=O)CSc1nc(Cl)cc(NCc2ccc(Cl)cc2)n1. The van der Waals surface area contributed by atoms with E-state index in [0.717, 1.165) is 5.56 Å². The summed E-state index contributed by atoms with van der Waals surface area (Å²) in [4.78, 5) is 19.8. The van der Waals surface area contributed by atoms with Gasteiger partial charge in [0.25, 0.3) is 0 Å². The van der Waals surface area contributed by atoms with Gasteiger partial charge in [0.2, 0.25) is 0 Å². The maximum atomic E-state index is 11.4. The van der Waals surface area contributed by atoms with E-state index in [1.165, 1.54) is 11.8 Å². The van der Waals surface area contributed by atoms with Crippen LogP contribution < -0.4 is 5.32 Å². The maximum absolute atomic E-state index is 11.4. The fourth-order valence-corrected chi connectivity index (χ4v) is 2.69. The van der Waals surface area contributed by atoms with Gasteiger partial charge >= 0.3 is 5.97 Å². The van der Waals surface area contributed by atoms with Gasteiger partial charge in [-0.3, -0.25) is 4.79 Å². The number of ether oxygens (including phenoxy) is 1. The summed E-state index contributed by atoms with van der Waals surface area (Å²) in [6.07, 6.45) is 0. The average molecular weight is 372 g/mol. The molecule has 0 aliphatic rings. The molecule has 0 atom stereocenters. The van der Waals surface area contributed by atoms with Crippen molar-refractivity contribution in [2.75, 3.05) is 17.7 Å². The molecule has 1 N–H and O–H groups in total. The summed E-state index contributed by atoms with van der Waals surface area (Å²) in [6.45, 7) is 2.69. The number of anilines is 1. The molecule has 0 radical (unpaired) electrons. The smallest absolute Gasteiger partial charge is 0.316 e. The van der Waals surface area contributed by atoms with Crippen LogP contribution in [0.4, 0.5) is 5.82 Å².